The molecule has 36 heavy (non-hydrogen) atoms. The van der Waals surface area contributed by atoms with Crippen LogP contribution in [0.15, 0.2) is 91.0 Å². The zero-order valence-electron chi connectivity index (χ0n) is 19.7. The van der Waals surface area contributed by atoms with E-state index in [1.54, 1.807) is 36.4 Å². The van der Waals surface area contributed by atoms with Crippen molar-refractivity contribution in [3.8, 4) is 22.6 Å². The topological polar surface area (TPSA) is 166 Å². The summed E-state index contributed by atoms with van der Waals surface area (Å²) in [5.41, 5.74) is 26.0. The number of nitrogens with two attached hydrogens (primary N) is 4. The van der Waals surface area contributed by atoms with E-state index in [1.807, 2.05) is 48.5 Å². The van der Waals surface area contributed by atoms with Crippen LogP contribution in [0.4, 0.5) is 28.4 Å². The van der Waals surface area contributed by atoms with Gasteiger partial charge in [-0.25, -0.2) is 0 Å². The third-order valence-corrected chi connectivity index (χ3v) is 5.03. The van der Waals surface area contributed by atoms with Gasteiger partial charge in [-0.3, -0.25) is 10.1 Å². The number of benzene rings is 4. The molecule has 0 radical (unpaired) electrons. The lowest BCUT2D eigenvalue weighted by Gasteiger charge is -2.08. The summed E-state index contributed by atoms with van der Waals surface area (Å²) in [6.45, 7) is 1.22. The van der Waals surface area contributed by atoms with Gasteiger partial charge in [-0.1, -0.05) is 12.1 Å². The molecular formula is C27H29N5O4. The second-order valence-electron chi connectivity index (χ2n) is 7.84. The van der Waals surface area contributed by atoms with Gasteiger partial charge >= 0.3 is 0 Å². The Hall–Kier alpha value is -4.92. The number of nitro benzene ring substituents is 1. The first-order valence-corrected chi connectivity index (χ1v) is 11.2. The van der Waals surface area contributed by atoms with E-state index in [2.05, 4.69) is 0 Å². The fourth-order valence-corrected chi connectivity index (χ4v) is 3.17. The van der Waals surface area contributed by atoms with Crippen LogP contribution in [0, 0.1) is 10.1 Å². The molecule has 0 bridgehead atoms. The Morgan fingerprint density at radius 1 is 0.611 bits per heavy atom. The molecule has 8 N–H and O–H groups in total. The maximum atomic E-state index is 10.9. The fourth-order valence-electron chi connectivity index (χ4n) is 3.17. The highest BCUT2D eigenvalue weighted by Gasteiger charge is 2.15. The number of hydrogen-bond acceptors (Lipinski definition) is 8. The predicted octanol–water partition coefficient (Wildman–Crippen LogP) is 5.13. The average Bonchev–Trinajstić information content (AvgIpc) is 2.87. The van der Waals surface area contributed by atoms with Crippen LogP contribution in [0.3, 0.4) is 0 Å². The monoisotopic (exact) mass is 487 g/mol. The van der Waals surface area contributed by atoms with E-state index >= 15 is 0 Å². The van der Waals surface area contributed by atoms with Crippen molar-refractivity contribution in [1.82, 2.24) is 0 Å². The normalized spacial score (nSPS) is 10.1. The SMILES string of the molecule is Nc1ccc(-c2ccc(N)cc2[N+](=O)[O-])cc1.Nc1ccc(OCCCOc2ccc(N)cc2)cc1. The standard InChI is InChI=1S/C15H18N2O2.C12H11N3O2/c16-12-2-6-14(7-3-12)18-10-1-11-19-15-8-4-13(17)5-9-15;13-9-3-1-8(2-4-9)11-6-5-10(14)7-12(11)15(16)17/h2-9H,1,10-11,16-17H2;1-7H,13-14H2. The minimum absolute atomic E-state index is 0.00484. The third kappa shape index (κ3) is 7.84. The van der Waals surface area contributed by atoms with Gasteiger partial charge in [0.1, 0.15) is 11.5 Å². The second kappa shape index (κ2) is 12.5. The number of nitrogen functional groups attached to an aromatic ring is 4. The van der Waals surface area contributed by atoms with E-state index in [0.29, 0.717) is 30.2 Å². The molecule has 0 heterocycles. The zero-order valence-corrected chi connectivity index (χ0v) is 19.7. The summed E-state index contributed by atoms with van der Waals surface area (Å²) in [5.74, 6) is 1.64. The van der Waals surface area contributed by atoms with Crippen LogP contribution in [0.1, 0.15) is 6.42 Å². The summed E-state index contributed by atoms with van der Waals surface area (Å²) >= 11 is 0. The van der Waals surface area contributed by atoms with Crippen LogP contribution in [0.2, 0.25) is 0 Å². The van der Waals surface area contributed by atoms with Crippen LogP contribution in [-0.2, 0) is 0 Å². The molecule has 4 aromatic carbocycles. The molecule has 0 spiro atoms. The minimum atomic E-state index is -0.442. The summed E-state index contributed by atoms with van der Waals surface area (Å²) in [6, 6.07) is 26.2. The van der Waals surface area contributed by atoms with E-state index in [1.165, 1.54) is 6.07 Å². The van der Waals surface area contributed by atoms with Gasteiger partial charge in [0.2, 0.25) is 0 Å². The summed E-state index contributed by atoms with van der Waals surface area (Å²) in [4.78, 5) is 10.5. The summed E-state index contributed by atoms with van der Waals surface area (Å²) in [6.07, 6.45) is 0.814. The van der Waals surface area contributed by atoms with E-state index < -0.39 is 4.92 Å². The molecule has 0 aromatic heterocycles. The maximum absolute atomic E-state index is 10.9. The largest absolute Gasteiger partial charge is 0.493 e. The second-order valence-corrected chi connectivity index (χ2v) is 7.84. The molecule has 0 saturated heterocycles. The fraction of sp³-hybridized carbons (Fsp3) is 0.111. The molecule has 0 aliphatic rings. The molecule has 0 aliphatic heterocycles. The van der Waals surface area contributed by atoms with Crippen molar-refractivity contribution >= 4 is 28.4 Å². The van der Waals surface area contributed by atoms with Crippen LogP contribution in [0.5, 0.6) is 11.5 Å². The Morgan fingerprint density at radius 3 is 1.47 bits per heavy atom. The highest BCUT2D eigenvalue weighted by molar-refractivity contribution is 5.76. The van der Waals surface area contributed by atoms with Gasteiger partial charge in [-0.15, -0.1) is 0 Å². The summed E-state index contributed by atoms with van der Waals surface area (Å²) in [5, 5.41) is 10.9. The smallest absolute Gasteiger partial charge is 0.279 e. The van der Waals surface area contributed by atoms with Gasteiger partial charge in [0.25, 0.3) is 5.69 Å². The molecular weight excluding hydrogens is 458 g/mol. The number of nitro groups is 1. The van der Waals surface area contributed by atoms with Gasteiger partial charge in [0, 0.05) is 35.2 Å². The van der Waals surface area contributed by atoms with Crippen LogP contribution >= 0.6 is 0 Å². The van der Waals surface area contributed by atoms with E-state index in [9.17, 15) is 10.1 Å². The number of hydrogen-bond donors (Lipinski definition) is 4. The Morgan fingerprint density at radius 2 is 1.03 bits per heavy atom. The minimum Gasteiger partial charge on any atom is -0.493 e. The van der Waals surface area contributed by atoms with Crippen molar-refractivity contribution in [3.63, 3.8) is 0 Å². The molecule has 4 aromatic rings. The van der Waals surface area contributed by atoms with Gasteiger partial charge in [0.15, 0.2) is 0 Å². The van der Waals surface area contributed by atoms with Gasteiger partial charge in [-0.05, 0) is 78.4 Å². The van der Waals surface area contributed by atoms with Crippen molar-refractivity contribution in [3.05, 3.63) is 101 Å². The van der Waals surface area contributed by atoms with Crippen molar-refractivity contribution in [2.24, 2.45) is 0 Å². The Bertz CT molecular complexity index is 1210. The predicted molar refractivity (Wildman–Crippen MR) is 145 cm³/mol. The summed E-state index contributed by atoms with van der Waals surface area (Å²) < 4.78 is 11.1. The molecule has 9 nitrogen and oxygen atoms in total. The first-order chi connectivity index (χ1) is 17.3. The first-order valence-electron chi connectivity index (χ1n) is 11.2. The highest BCUT2D eigenvalue weighted by Crippen LogP contribution is 2.31. The average molecular weight is 488 g/mol. The van der Waals surface area contributed by atoms with E-state index in [-0.39, 0.29) is 5.69 Å². The van der Waals surface area contributed by atoms with E-state index in [0.717, 1.165) is 34.9 Å². The van der Waals surface area contributed by atoms with Crippen LogP contribution in [-0.4, -0.2) is 18.1 Å². The maximum Gasteiger partial charge on any atom is 0.279 e. The van der Waals surface area contributed by atoms with Crippen LogP contribution in [0.25, 0.3) is 11.1 Å². The molecule has 0 aliphatic carbocycles. The number of nitrogens with zero attached hydrogens (tertiary/aromatic N) is 1. The summed E-state index contributed by atoms with van der Waals surface area (Å²) in [7, 11) is 0. The lowest BCUT2D eigenvalue weighted by Crippen LogP contribution is -2.05. The quantitative estimate of drug-likeness (QED) is 0.115. The van der Waals surface area contributed by atoms with Crippen molar-refractivity contribution < 1.29 is 14.4 Å². The third-order valence-electron chi connectivity index (χ3n) is 5.03. The van der Waals surface area contributed by atoms with Crippen LogP contribution < -0.4 is 32.4 Å². The van der Waals surface area contributed by atoms with E-state index in [4.69, 9.17) is 32.4 Å². The number of anilines is 4. The zero-order chi connectivity index (χ0) is 25.9. The van der Waals surface area contributed by atoms with Crippen molar-refractivity contribution in [1.29, 1.82) is 0 Å². The molecule has 186 valence electrons. The van der Waals surface area contributed by atoms with Crippen molar-refractivity contribution in [2.45, 2.75) is 6.42 Å². The van der Waals surface area contributed by atoms with Gasteiger partial charge < -0.3 is 32.4 Å². The Labute approximate surface area is 209 Å². The molecule has 0 amide bonds. The molecule has 4 rings (SSSR count). The number of rotatable bonds is 8. The molecule has 0 saturated carbocycles. The van der Waals surface area contributed by atoms with Crippen molar-refractivity contribution in [2.75, 3.05) is 36.1 Å². The number of ether oxygens (including phenoxy) is 2. The molecule has 9 heteroatoms. The van der Waals surface area contributed by atoms with Gasteiger partial charge in [-0.2, -0.15) is 0 Å². The molecule has 0 fully saturated rings. The lowest BCUT2D eigenvalue weighted by molar-refractivity contribution is -0.384. The Kier molecular flexibility index (Phi) is 8.94. The molecule has 0 unspecified atom stereocenters. The molecule has 0 atom stereocenters. The Balaban J connectivity index is 0.000000202. The van der Waals surface area contributed by atoms with Gasteiger partial charge in [0.05, 0.1) is 23.7 Å². The first kappa shape index (κ1) is 25.7. The lowest BCUT2D eigenvalue weighted by atomic mass is 10.0. The highest BCUT2D eigenvalue weighted by atomic mass is 16.6.